The number of carbonyl (C=O) groups is 2. The van der Waals surface area contributed by atoms with Crippen LogP contribution in [0.15, 0.2) is 89.8 Å². The smallest absolute Gasteiger partial charge is 0.258 e. The highest BCUT2D eigenvalue weighted by atomic mass is 35.5. The van der Waals surface area contributed by atoms with Gasteiger partial charge in [-0.25, -0.2) is 4.98 Å². The molecule has 4 aromatic rings. The summed E-state index contributed by atoms with van der Waals surface area (Å²) in [6, 6.07) is 22.0. The molecule has 0 radical (unpaired) electrons. The molecule has 2 heterocycles. The summed E-state index contributed by atoms with van der Waals surface area (Å²) in [4.78, 5) is 34.1. The molecule has 3 aromatic carbocycles. The van der Waals surface area contributed by atoms with Crippen LogP contribution in [-0.4, -0.2) is 22.8 Å². The van der Waals surface area contributed by atoms with Gasteiger partial charge in [0.1, 0.15) is 0 Å². The van der Waals surface area contributed by atoms with Crippen molar-refractivity contribution in [1.82, 2.24) is 4.98 Å². The lowest BCUT2D eigenvalue weighted by atomic mass is 9.89. The maximum absolute atomic E-state index is 13.7. The number of benzene rings is 3. The number of hydrogen-bond acceptors (Lipinski definition) is 4. The van der Waals surface area contributed by atoms with Crippen molar-refractivity contribution < 1.29 is 14.0 Å². The maximum Gasteiger partial charge on any atom is 0.258 e. The van der Waals surface area contributed by atoms with Crippen LogP contribution < -0.4 is 9.80 Å². The lowest BCUT2D eigenvalue weighted by Gasteiger charge is -2.43. The van der Waals surface area contributed by atoms with E-state index >= 15 is 0 Å². The highest BCUT2D eigenvalue weighted by Gasteiger charge is 2.38. The Labute approximate surface area is 208 Å². The van der Waals surface area contributed by atoms with Gasteiger partial charge in [0.25, 0.3) is 5.91 Å². The van der Waals surface area contributed by atoms with Crippen LogP contribution in [0.2, 0.25) is 5.02 Å². The lowest BCUT2D eigenvalue weighted by Crippen LogP contribution is -2.47. The highest BCUT2D eigenvalue weighted by Crippen LogP contribution is 2.43. The number of amides is 2. The zero-order valence-corrected chi connectivity index (χ0v) is 20.1. The zero-order valence-electron chi connectivity index (χ0n) is 19.4. The number of halogens is 1. The fourth-order valence-electron chi connectivity index (χ4n) is 4.79. The van der Waals surface area contributed by atoms with Crippen LogP contribution in [0.25, 0.3) is 11.3 Å². The van der Waals surface area contributed by atoms with Crippen molar-refractivity contribution in [3.8, 4) is 11.3 Å². The first-order valence-electron chi connectivity index (χ1n) is 11.4. The molecule has 7 heteroatoms. The van der Waals surface area contributed by atoms with Crippen LogP contribution in [-0.2, 0) is 4.79 Å². The molecular weight excluding hydrogens is 462 g/mol. The molecule has 0 saturated heterocycles. The Morgan fingerprint density at radius 3 is 2.40 bits per heavy atom. The Hall–Kier alpha value is -3.90. The predicted molar refractivity (Wildman–Crippen MR) is 137 cm³/mol. The van der Waals surface area contributed by atoms with E-state index in [1.165, 1.54) is 6.39 Å². The van der Waals surface area contributed by atoms with Gasteiger partial charge in [-0.05, 0) is 61.4 Å². The first-order valence-corrected chi connectivity index (χ1v) is 11.8. The van der Waals surface area contributed by atoms with E-state index in [0.29, 0.717) is 22.8 Å². The topological polar surface area (TPSA) is 66.7 Å². The Kier molecular flexibility index (Phi) is 6.14. The molecule has 176 valence electrons. The van der Waals surface area contributed by atoms with Gasteiger partial charge in [-0.2, -0.15) is 0 Å². The number of anilines is 2. The number of carbonyl (C=O) groups excluding carboxylic acids is 2. The van der Waals surface area contributed by atoms with E-state index in [4.69, 9.17) is 16.0 Å². The third-order valence-electron chi connectivity index (χ3n) is 6.38. The van der Waals surface area contributed by atoms with Gasteiger partial charge in [0, 0.05) is 40.5 Å². The first kappa shape index (κ1) is 22.9. The summed E-state index contributed by atoms with van der Waals surface area (Å²) in [5, 5.41) is 0.612. The molecule has 1 aliphatic rings. The van der Waals surface area contributed by atoms with E-state index in [2.05, 4.69) is 4.98 Å². The van der Waals surface area contributed by atoms with Gasteiger partial charge in [0.05, 0.1) is 12.2 Å². The van der Waals surface area contributed by atoms with Gasteiger partial charge < -0.3 is 14.2 Å². The van der Waals surface area contributed by atoms with Gasteiger partial charge in [-0.3, -0.25) is 9.59 Å². The second kappa shape index (κ2) is 9.39. The number of hydrogen-bond donors (Lipinski definition) is 0. The minimum atomic E-state index is -0.210. The molecule has 1 aromatic heterocycles. The largest absolute Gasteiger partial charge is 0.444 e. The normalized spacial score (nSPS) is 17.1. The van der Waals surface area contributed by atoms with Crippen molar-refractivity contribution in [3.63, 3.8) is 0 Å². The highest BCUT2D eigenvalue weighted by molar-refractivity contribution is 6.30. The van der Waals surface area contributed by atoms with Crippen LogP contribution in [0.4, 0.5) is 11.4 Å². The van der Waals surface area contributed by atoms with Gasteiger partial charge in [0.15, 0.2) is 12.2 Å². The number of fused-ring (bicyclic) bond motifs is 1. The minimum absolute atomic E-state index is 0.0675. The number of aromatic nitrogens is 1. The number of nitrogens with zero attached hydrogens (tertiary/aromatic N) is 3. The van der Waals surface area contributed by atoms with E-state index in [9.17, 15) is 9.59 Å². The van der Waals surface area contributed by atoms with Crippen LogP contribution >= 0.6 is 11.6 Å². The summed E-state index contributed by atoms with van der Waals surface area (Å²) < 4.78 is 5.35. The number of para-hydroxylation sites is 1. The standard InChI is InChI=1S/C28H24ClN3O3/c1-18-15-26(32(19(2)33)23-13-11-22(29)12-14-23)24-5-3-4-6-25(24)31(18)28(34)21-9-7-20(8-10-21)27-16-30-17-35-27/h3-14,16-18,26H,15H2,1-2H3/t18-,26+/m0/s1. The molecule has 2 atom stereocenters. The van der Waals surface area contributed by atoms with E-state index in [1.54, 1.807) is 42.3 Å². The molecule has 0 bridgehead atoms. The Balaban J connectivity index is 1.50. The van der Waals surface area contributed by atoms with Crippen LogP contribution in [0.5, 0.6) is 0 Å². The van der Waals surface area contributed by atoms with Crippen molar-refractivity contribution in [1.29, 1.82) is 0 Å². The molecule has 35 heavy (non-hydrogen) atoms. The summed E-state index contributed by atoms with van der Waals surface area (Å²) in [7, 11) is 0. The van der Waals surface area contributed by atoms with Gasteiger partial charge >= 0.3 is 0 Å². The second-order valence-corrected chi connectivity index (χ2v) is 9.08. The van der Waals surface area contributed by atoms with E-state index in [-0.39, 0.29) is 23.9 Å². The van der Waals surface area contributed by atoms with Crippen LogP contribution in [0, 0.1) is 0 Å². The van der Waals surface area contributed by atoms with Gasteiger partial charge in [-0.1, -0.05) is 41.9 Å². The summed E-state index contributed by atoms with van der Waals surface area (Å²) in [5.74, 6) is 0.491. The number of oxazole rings is 1. The maximum atomic E-state index is 13.7. The van der Waals surface area contributed by atoms with Crippen molar-refractivity contribution in [2.75, 3.05) is 9.80 Å². The molecule has 0 fully saturated rings. The summed E-state index contributed by atoms with van der Waals surface area (Å²) in [5.41, 5.74) is 3.95. The van der Waals surface area contributed by atoms with Gasteiger partial charge in [-0.15, -0.1) is 0 Å². The van der Waals surface area contributed by atoms with Crippen molar-refractivity contribution >= 4 is 34.8 Å². The van der Waals surface area contributed by atoms with E-state index in [0.717, 1.165) is 22.5 Å². The molecule has 0 saturated carbocycles. The van der Waals surface area contributed by atoms with Crippen LogP contribution in [0.3, 0.4) is 0 Å². The van der Waals surface area contributed by atoms with Crippen molar-refractivity contribution in [2.45, 2.75) is 32.4 Å². The predicted octanol–water partition coefficient (Wildman–Crippen LogP) is 6.53. The average molecular weight is 486 g/mol. The molecule has 6 nitrogen and oxygen atoms in total. The van der Waals surface area contributed by atoms with Gasteiger partial charge in [0.2, 0.25) is 5.91 Å². The lowest BCUT2D eigenvalue weighted by molar-refractivity contribution is -0.117. The molecule has 0 N–H and O–H groups in total. The fourth-order valence-corrected chi connectivity index (χ4v) is 4.92. The molecule has 1 aliphatic heterocycles. The quantitative estimate of drug-likeness (QED) is 0.329. The third kappa shape index (κ3) is 4.33. The summed E-state index contributed by atoms with van der Waals surface area (Å²) >= 11 is 6.08. The molecule has 2 amide bonds. The molecular formula is C28H24ClN3O3. The second-order valence-electron chi connectivity index (χ2n) is 8.64. The Morgan fingerprint density at radius 2 is 1.74 bits per heavy atom. The zero-order chi connectivity index (χ0) is 24.5. The van der Waals surface area contributed by atoms with Crippen LogP contribution in [0.1, 0.15) is 42.2 Å². The SMILES string of the molecule is CC(=O)N(c1ccc(Cl)cc1)[C@@H]1C[C@H](C)N(C(=O)c2ccc(-c3cnco3)cc2)c2ccccc21. The Morgan fingerprint density at radius 1 is 1.03 bits per heavy atom. The molecule has 0 aliphatic carbocycles. The Bertz CT molecular complexity index is 1350. The summed E-state index contributed by atoms with van der Waals surface area (Å²) in [6.45, 7) is 3.58. The minimum Gasteiger partial charge on any atom is -0.444 e. The third-order valence-corrected chi connectivity index (χ3v) is 6.64. The van der Waals surface area contributed by atoms with E-state index < -0.39 is 0 Å². The van der Waals surface area contributed by atoms with Crippen molar-refractivity contribution in [2.24, 2.45) is 0 Å². The fraction of sp³-hybridized carbons (Fsp3) is 0.179. The monoisotopic (exact) mass is 485 g/mol. The summed E-state index contributed by atoms with van der Waals surface area (Å²) in [6.07, 6.45) is 3.62. The molecule has 0 spiro atoms. The average Bonchev–Trinajstić information content (AvgIpc) is 3.40. The van der Waals surface area contributed by atoms with E-state index in [1.807, 2.05) is 60.4 Å². The van der Waals surface area contributed by atoms with Crippen molar-refractivity contribution in [3.05, 3.63) is 102 Å². The first-order chi connectivity index (χ1) is 16.9. The number of rotatable bonds is 4. The molecule has 5 rings (SSSR count). The molecule has 0 unspecified atom stereocenters.